The van der Waals surface area contributed by atoms with E-state index in [9.17, 15) is 9.59 Å². The number of fused-ring (bicyclic) bond motifs is 2. The van der Waals surface area contributed by atoms with E-state index in [-0.39, 0.29) is 17.0 Å². The Morgan fingerprint density at radius 1 is 0.943 bits per heavy atom. The molecule has 0 radical (unpaired) electrons. The fourth-order valence-electron chi connectivity index (χ4n) is 3.88. The van der Waals surface area contributed by atoms with Crippen LogP contribution in [0.1, 0.15) is 31.7 Å². The molecule has 0 aliphatic rings. The molecule has 35 heavy (non-hydrogen) atoms. The second-order valence-corrected chi connectivity index (χ2v) is 9.63. The first kappa shape index (κ1) is 23.3. The predicted molar refractivity (Wildman–Crippen MR) is 141 cm³/mol. The smallest absolute Gasteiger partial charge is 0.268 e. The molecule has 0 saturated heterocycles. The lowest BCUT2D eigenvalue weighted by Crippen LogP contribution is -2.25. The van der Waals surface area contributed by atoms with Crippen molar-refractivity contribution in [1.29, 1.82) is 0 Å². The molecule has 5 rings (SSSR count). The van der Waals surface area contributed by atoms with E-state index in [1.165, 1.54) is 22.0 Å². The van der Waals surface area contributed by atoms with Crippen LogP contribution in [0.3, 0.4) is 0 Å². The standard InChI is InChI=1S/C26H22ClN5O2S/c1-3-16(2)17-8-11-19(12-9-17)32-25(34)21-13-10-18(27)14-23(21)28-26(32)35-15-31-24(33)20-6-4-5-7-22(20)29-30-31/h4-14,16H,3,15H2,1-2H3/t16-/m1/s1. The molecule has 0 saturated carbocycles. The number of halogens is 1. The van der Waals surface area contributed by atoms with Crippen LogP contribution in [-0.2, 0) is 5.88 Å². The zero-order chi connectivity index (χ0) is 24.5. The molecular weight excluding hydrogens is 482 g/mol. The maximum atomic E-state index is 13.6. The van der Waals surface area contributed by atoms with Crippen LogP contribution >= 0.6 is 23.4 Å². The number of benzene rings is 3. The predicted octanol–water partition coefficient (Wildman–Crippen LogP) is 5.41. The Kier molecular flexibility index (Phi) is 6.40. The van der Waals surface area contributed by atoms with Gasteiger partial charge in [-0.1, -0.05) is 66.7 Å². The molecule has 0 N–H and O–H groups in total. The van der Waals surface area contributed by atoms with Gasteiger partial charge in [-0.3, -0.25) is 14.2 Å². The third kappa shape index (κ3) is 4.47. The van der Waals surface area contributed by atoms with E-state index in [1.807, 2.05) is 30.3 Å². The van der Waals surface area contributed by atoms with Gasteiger partial charge in [-0.2, -0.15) is 4.68 Å². The van der Waals surface area contributed by atoms with Crippen molar-refractivity contribution in [2.24, 2.45) is 0 Å². The fraction of sp³-hybridized carbons (Fsp3) is 0.192. The zero-order valence-corrected chi connectivity index (χ0v) is 20.8. The van der Waals surface area contributed by atoms with Gasteiger partial charge in [0.05, 0.1) is 27.9 Å². The van der Waals surface area contributed by atoms with Crippen LogP contribution in [0, 0.1) is 0 Å². The molecule has 0 spiro atoms. The lowest BCUT2D eigenvalue weighted by molar-refractivity contribution is 0.642. The molecule has 0 aliphatic carbocycles. The summed E-state index contributed by atoms with van der Waals surface area (Å²) in [5, 5.41) is 10.1. The van der Waals surface area contributed by atoms with Crippen LogP contribution < -0.4 is 11.1 Å². The van der Waals surface area contributed by atoms with Crippen molar-refractivity contribution in [2.45, 2.75) is 37.2 Å². The molecule has 2 aromatic heterocycles. The average molecular weight is 504 g/mol. The lowest BCUT2D eigenvalue weighted by atomic mass is 9.98. The van der Waals surface area contributed by atoms with Gasteiger partial charge in [0.1, 0.15) is 5.52 Å². The Bertz CT molecular complexity index is 1660. The number of aromatic nitrogens is 5. The van der Waals surface area contributed by atoms with Crippen molar-refractivity contribution in [2.75, 3.05) is 0 Å². The summed E-state index contributed by atoms with van der Waals surface area (Å²) < 4.78 is 2.85. The average Bonchev–Trinajstić information content (AvgIpc) is 2.88. The van der Waals surface area contributed by atoms with Crippen LogP contribution in [0.15, 0.2) is 81.5 Å². The largest absolute Gasteiger partial charge is 0.278 e. The molecular formula is C26H22ClN5O2S. The van der Waals surface area contributed by atoms with E-state index in [0.717, 1.165) is 6.42 Å². The summed E-state index contributed by atoms with van der Waals surface area (Å²) >= 11 is 7.41. The Hall–Kier alpha value is -3.49. The fourth-order valence-corrected chi connectivity index (χ4v) is 4.93. The van der Waals surface area contributed by atoms with Gasteiger partial charge in [-0.05, 0) is 60.4 Å². The van der Waals surface area contributed by atoms with Crippen molar-refractivity contribution in [3.63, 3.8) is 0 Å². The highest BCUT2D eigenvalue weighted by molar-refractivity contribution is 7.98. The van der Waals surface area contributed by atoms with Crippen LogP contribution in [-0.4, -0.2) is 24.5 Å². The normalized spacial score (nSPS) is 12.3. The summed E-state index contributed by atoms with van der Waals surface area (Å²) in [6, 6.07) is 20.0. The quantitative estimate of drug-likeness (QED) is 0.228. The minimum absolute atomic E-state index is 0.139. The van der Waals surface area contributed by atoms with Crippen LogP contribution in [0.4, 0.5) is 0 Å². The van der Waals surface area contributed by atoms with Gasteiger partial charge in [0, 0.05) is 5.02 Å². The second kappa shape index (κ2) is 9.64. The highest BCUT2D eigenvalue weighted by atomic mass is 35.5. The number of hydrogen-bond donors (Lipinski definition) is 0. The Labute approximate surface area is 210 Å². The second-order valence-electron chi connectivity index (χ2n) is 8.28. The van der Waals surface area contributed by atoms with Gasteiger partial charge in [-0.15, -0.1) is 5.10 Å². The van der Waals surface area contributed by atoms with Crippen LogP contribution in [0.25, 0.3) is 27.5 Å². The summed E-state index contributed by atoms with van der Waals surface area (Å²) in [5.74, 6) is 0.560. The summed E-state index contributed by atoms with van der Waals surface area (Å²) in [6.45, 7) is 4.32. The molecule has 5 aromatic rings. The molecule has 9 heteroatoms. The van der Waals surface area contributed by atoms with E-state index in [4.69, 9.17) is 16.6 Å². The third-order valence-corrected chi connectivity index (χ3v) is 7.22. The molecule has 0 aliphatic heterocycles. The van der Waals surface area contributed by atoms with Gasteiger partial charge in [-0.25, -0.2) is 4.98 Å². The van der Waals surface area contributed by atoms with Crippen LogP contribution in [0.5, 0.6) is 0 Å². The third-order valence-electron chi connectivity index (χ3n) is 6.08. The molecule has 7 nitrogen and oxygen atoms in total. The van der Waals surface area contributed by atoms with Crippen LogP contribution in [0.2, 0.25) is 5.02 Å². The van der Waals surface area contributed by atoms with E-state index >= 15 is 0 Å². The van der Waals surface area contributed by atoms with E-state index in [0.29, 0.717) is 43.6 Å². The molecule has 176 valence electrons. The molecule has 0 unspecified atom stereocenters. The SMILES string of the molecule is CC[C@@H](C)c1ccc(-n2c(SCn3nnc4ccccc4c3=O)nc3cc(Cl)ccc3c2=O)cc1. The number of thioether (sulfide) groups is 1. The number of hydrogen-bond acceptors (Lipinski definition) is 6. The minimum Gasteiger partial charge on any atom is -0.268 e. The Balaban J connectivity index is 1.60. The summed E-state index contributed by atoms with van der Waals surface area (Å²) in [4.78, 5) is 31.2. The number of rotatable bonds is 6. The molecule has 3 aromatic carbocycles. The minimum atomic E-state index is -0.251. The molecule has 2 heterocycles. The zero-order valence-electron chi connectivity index (χ0n) is 19.2. The first-order chi connectivity index (χ1) is 17.0. The van der Waals surface area contributed by atoms with Crippen molar-refractivity contribution in [3.8, 4) is 5.69 Å². The van der Waals surface area contributed by atoms with Crippen molar-refractivity contribution in [3.05, 3.63) is 98.0 Å². The number of nitrogens with zero attached hydrogens (tertiary/aromatic N) is 5. The van der Waals surface area contributed by atoms with Gasteiger partial charge in [0.25, 0.3) is 11.1 Å². The lowest BCUT2D eigenvalue weighted by Gasteiger charge is -2.15. The first-order valence-electron chi connectivity index (χ1n) is 11.2. The van der Waals surface area contributed by atoms with E-state index in [2.05, 4.69) is 24.2 Å². The maximum absolute atomic E-state index is 13.6. The molecule has 0 fully saturated rings. The van der Waals surface area contributed by atoms with Crippen molar-refractivity contribution in [1.82, 2.24) is 24.5 Å². The van der Waals surface area contributed by atoms with Gasteiger partial charge < -0.3 is 0 Å². The highest BCUT2D eigenvalue weighted by Gasteiger charge is 2.16. The van der Waals surface area contributed by atoms with Crippen molar-refractivity contribution < 1.29 is 0 Å². The van der Waals surface area contributed by atoms with Crippen molar-refractivity contribution >= 4 is 45.2 Å². The highest BCUT2D eigenvalue weighted by Crippen LogP contribution is 2.25. The molecule has 0 bridgehead atoms. The summed E-state index contributed by atoms with van der Waals surface area (Å²) in [7, 11) is 0. The van der Waals surface area contributed by atoms with Gasteiger partial charge in [0.15, 0.2) is 5.16 Å². The molecule has 1 atom stereocenters. The maximum Gasteiger partial charge on any atom is 0.278 e. The summed E-state index contributed by atoms with van der Waals surface area (Å²) in [5.41, 5.74) is 2.48. The van der Waals surface area contributed by atoms with E-state index in [1.54, 1.807) is 41.0 Å². The van der Waals surface area contributed by atoms with Gasteiger partial charge in [0.2, 0.25) is 0 Å². The topological polar surface area (TPSA) is 82.7 Å². The molecule has 0 amide bonds. The Morgan fingerprint density at radius 2 is 1.69 bits per heavy atom. The Morgan fingerprint density at radius 3 is 2.46 bits per heavy atom. The monoisotopic (exact) mass is 503 g/mol. The summed E-state index contributed by atoms with van der Waals surface area (Å²) in [6.07, 6.45) is 1.03. The first-order valence-corrected chi connectivity index (χ1v) is 12.6. The van der Waals surface area contributed by atoms with Gasteiger partial charge >= 0.3 is 0 Å². The van der Waals surface area contributed by atoms with E-state index < -0.39 is 0 Å².